The summed E-state index contributed by atoms with van der Waals surface area (Å²) in [5.41, 5.74) is 1.42. The highest BCUT2D eigenvalue weighted by atomic mass is 79.9. The van der Waals surface area contributed by atoms with Gasteiger partial charge in [-0.25, -0.2) is 0 Å². The van der Waals surface area contributed by atoms with Crippen LogP contribution < -0.4 is 0 Å². The van der Waals surface area contributed by atoms with Crippen molar-refractivity contribution in [2.75, 3.05) is 13.2 Å². The Hall–Kier alpha value is -2.83. The van der Waals surface area contributed by atoms with Gasteiger partial charge in [-0.3, -0.25) is 4.79 Å². The molecule has 1 fully saturated rings. The van der Waals surface area contributed by atoms with Gasteiger partial charge in [-0.15, -0.1) is 0 Å². The first-order valence-corrected chi connectivity index (χ1v) is 14.3. The third kappa shape index (κ3) is 2.78. The minimum absolute atomic E-state index is 0.0372. The number of carbonyl (C=O) groups excluding carboxylic acids is 1. The van der Waals surface area contributed by atoms with Crippen molar-refractivity contribution >= 4 is 59.2 Å². The van der Waals surface area contributed by atoms with Crippen molar-refractivity contribution in [1.29, 1.82) is 0 Å². The summed E-state index contributed by atoms with van der Waals surface area (Å²) in [7, 11) is 0. The molecule has 0 unspecified atom stereocenters. The Morgan fingerprint density at radius 1 is 0.579 bits per heavy atom. The summed E-state index contributed by atoms with van der Waals surface area (Å²) in [4.78, 5) is 15.4. The van der Waals surface area contributed by atoms with E-state index in [-0.39, 0.29) is 19.0 Å². The van der Waals surface area contributed by atoms with Crippen molar-refractivity contribution < 1.29 is 15.0 Å². The third-order valence-electron chi connectivity index (χ3n) is 9.00. The minimum atomic E-state index is -1.11. The van der Waals surface area contributed by atoms with Gasteiger partial charge in [-0.2, -0.15) is 0 Å². The number of Topliss-reactive ketones (excluding diaryl/α,β-unsaturated/α-hetero) is 1. The highest BCUT2D eigenvalue weighted by Crippen LogP contribution is 2.70. The summed E-state index contributed by atoms with van der Waals surface area (Å²) in [5.74, 6) is -0.945. The van der Waals surface area contributed by atoms with E-state index in [1.165, 1.54) is 0 Å². The number of rotatable bonds is 4. The van der Waals surface area contributed by atoms with Crippen LogP contribution in [0.4, 0.5) is 0 Å². The molecule has 5 aromatic rings. The van der Waals surface area contributed by atoms with E-state index in [9.17, 15) is 10.2 Å². The SMILES string of the molecule is O=C1[C@]2(c3ccccc3)c3c(c4ccc(Br)cc4c4cc(Br)ccc34)[C@@]1(c1ccccc1)[C@@H](CO)[C@H]2CO. The van der Waals surface area contributed by atoms with Gasteiger partial charge in [0, 0.05) is 34.0 Å². The molecule has 0 aromatic heterocycles. The van der Waals surface area contributed by atoms with E-state index in [1.807, 2.05) is 72.8 Å². The summed E-state index contributed by atoms with van der Waals surface area (Å²) in [6.07, 6.45) is 0. The first-order chi connectivity index (χ1) is 18.5. The molecule has 38 heavy (non-hydrogen) atoms. The number of fused-ring (bicyclic) bond motifs is 10. The van der Waals surface area contributed by atoms with E-state index in [0.717, 1.165) is 52.7 Å². The number of benzene rings is 5. The molecule has 0 saturated heterocycles. The molecular formula is C33H24Br2O3. The first kappa shape index (κ1) is 24.2. The molecule has 0 amide bonds. The Kier molecular flexibility index (Phi) is 5.47. The maximum atomic E-state index is 15.4. The molecule has 1 saturated carbocycles. The molecule has 188 valence electrons. The van der Waals surface area contributed by atoms with Gasteiger partial charge < -0.3 is 10.2 Å². The standard InChI is InChI=1S/C33H24Br2O3/c34-21-11-13-23-25(15-21)26-16-22(35)12-14-24(26)30-29(23)32(19-7-3-1-4-8-19)27(17-36)28(18-37)33(30,31(32)38)20-9-5-2-6-10-20/h1-16,27-28,36-37H,17-18H2/t27-,28+,32+,33-. The number of hydrogen-bond acceptors (Lipinski definition) is 3. The number of halogens is 2. The molecule has 3 nitrogen and oxygen atoms in total. The largest absolute Gasteiger partial charge is 0.396 e. The van der Waals surface area contributed by atoms with E-state index >= 15 is 4.79 Å². The maximum Gasteiger partial charge on any atom is 0.163 e. The highest BCUT2D eigenvalue weighted by Gasteiger charge is 2.75. The topological polar surface area (TPSA) is 57.5 Å². The molecule has 0 aliphatic heterocycles. The van der Waals surface area contributed by atoms with E-state index < -0.39 is 22.7 Å². The molecule has 0 radical (unpaired) electrons. The zero-order valence-corrected chi connectivity index (χ0v) is 23.5. The van der Waals surface area contributed by atoms with Crippen molar-refractivity contribution in [1.82, 2.24) is 0 Å². The Morgan fingerprint density at radius 2 is 0.974 bits per heavy atom. The molecule has 2 aliphatic rings. The molecule has 2 bridgehead atoms. The molecule has 0 spiro atoms. The lowest BCUT2D eigenvalue weighted by Crippen LogP contribution is -2.44. The van der Waals surface area contributed by atoms with Crippen molar-refractivity contribution in [3.63, 3.8) is 0 Å². The summed E-state index contributed by atoms with van der Waals surface area (Å²) >= 11 is 7.34. The Morgan fingerprint density at radius 3 is 1.34 bits per heavy atom. The smallest absolute Gasteiger partial charge is 0.163 e. The Bertz CT molecular complexity index is 1620. The second-order valence-electron chi connectivity index (χ2n) is 10.4. The van der Waals surface area contributed by atoms with E-state index in [2.05, 4.69) is 56.1 Å². The quantitative estimate of drug-likeness (QED) is 0.213. The monoisotopic (exact) mass is 626 g/mol. The lowest BCUT2D eigenvalue weighted by atomic mass is 9.59. The van der Waals surface area contributed by atoms with Crippen molar-refractivity contribution in [2.45, 2.75) is 10.8 Å². The van der Waals surface area contributed by atoms with Gasteiger partial charge in [-0.05, 0) is 68.1 Å². The fraction of sp³-hybridized carbons (Fsp3) is 0.182. The molecule has 7 rings (SSSR count). The van der Waals surface area contributed by atoms with E-state index in [0.29, 0.717) is 0 Å². The normalized spacial score (nSPS) is 25.8. The van der Waals surface area contributed by atoms with Crippen LogP contribution >= 0.6 is 31.9 Å². The van der Waals surface area contributed by atoms with Crippen LogP contribution in [0.15, 0.2) is 106 Å². The summed E-state index contributed by atoms with van der Waals surface area (Å²) < 4.78 is 1.92. The van der Waals surface area contributed by atoms with Crippen LogP contribution in [0.1, 0.15) is 22.3 Å². The lowest BCUT2D eigenvalue weighted by molar-refractivity contribution is -0.124. The Balaban J connectivity index is 1.80. The van der Waals surface area contributed by atoms with Gasteiger partial charge in [0.15, 0.2) is 5.78 Å². The van der Waals surface area contributed by atoms with Crippen LogP contribution in [0.3, 0.4) is 0 Å². The third-order valence-corrected chi connectivity index (χ3v) is 9.98. The first-order valence-electron chi connectivity index (χ1n) is 12.7. The van der Waals surface area contributed by atoms with Crippen molar-refractivity contribution in [2.24, 2.45) is 11.8 Å². The number of aliphatic hydroxyl groups is 2. The summed E-state index contributed by atoms with van der Waals surface area (Å²) in [6, 6.07) is 32.2. The number of aliphatic hydroxyl groups excluding tert-OH is 2. The number of ketones is 1. The summed E-state index contributed by atoms with van der Waals surface area (Å²) in [6.45, 7) is -0.424. The van der Waals surface area contributed by atoms with E-state index in [1.54, 1.807) is 0 Å². The summed E-state index contributed by atoms with van der Waals surface area (Å²) in [5, 5.41) is 26.1. The predicted molar refractivity (Wildman–Crippen MR) is 157 cm³/mol. The average Bonchev–Trinajstić information content (AvgIpc) is 3.33. The molecule has 2 aliphatic carbocycles. The molecule has 4 atom stereocenters. The molecule has 5 aromatic carbocycles. The minimum Gasteiger partial charge on any atom is -0.396 e. The van der Waals surface area contributed by atoms with Crippen molar-refractivity contribution in [3.05, 3.63) is 128 Å². The highest BCUT2D eigenvalue weighted by molar-refractivity contribution is 9.10. The molecular weight excluding hydrogens is 604 g/mol. The zero-order chi connectivity index (χ0) is 26.2. The lowest BCUT2D eigenvalue weighted by Gasteiger charge is -2.43. The van der Waals surface area contributed by atoms with E-state index in [4.69, 9.17) is 0 Å². The van der Waals surface area contributed by atoms with Crippen LogP contribution in [0, 0.1) is 11.8 Å². The fourth-order valence-corrected chi connectivity index (χ4v) is 8.48. The predicted octanol–water partition coefficient (Wildman–Crippen LogP) is 6.90. The molecule has 5 heteroatoms. The van der Waals surface area contributed by atoms with Crippen LogP contribution in [-0.4, -0.2) is 29.2 Å². The molecule has 0 heterocycles. The van der Waals surface area contributed by atoms with Crippen LogP contribution in [0.5, 0.6) is 0 Å². The van der Waals surface area contributed by atoms with Gasteiger partial charge in [0.2, 0.25) is 0 Å². The van der Waals surface area contributed by atoms with Gasteiger partial charge in [-0.1, -0.05) is 105 Å². The Labute approximate surface area is 237 Å². The molecule has 2 N–H and O–H groups in total. The van der Waals surface area contributed by atoms with Crippen LogP contribution in [0.2, 0.25) is 0 Å². The van der Waals surface area contributed by atoms with Crippen molar-refractivity contribution in [3.8, 4) is 0 Å². The van der Waals surface area contributed by atoms with Gasteiger partial charge >= 0.3 is 0 Å². The van der Waals surface area contributed by atoms with Gasteiger partial charge in [0.25, 0.3) is 0 Å². The van der Waals surface area contributed by atoms with Crippen LogP contribution in [-0.2, 0) is 15.6 Å². The fourth-order valence-electron chi connectivity index (χ4n) is 7.76. The van der Waals surface area contributed by atoms with Crippen LogP contribution in [0.25, 0.3) is 21.5 Å². The number of hydrogen-bond donors (Lipinski definition) is 2. The second kappa shape index (κ2) is 8.59. The van der Waals surface area contributed by atoms with Gasteiger partial charge in [0.05, 0.1) is 10.8 Å². The average molecular weight is 628 g/mol. The second-order valence-corrected chi connectivity index (χ2v) is 12.2. The maximum absolute atomic E-state index is 15.4. The number of carbonyl (C=O) groups is 1. The zero-order valence-electron chi connectivity index (χ0n) is 20.4. The van der Waals surface area contributed by atoms with Gasteiger partial charge in [0.1, 0.15) is 0 Å².